The second kappa shape index (κ2) is 11.2. The summed E-state index contributed by atoms with van der Waals surface area (Å²) in [6.07, 6.45) is 0.748. The van der Waals surface area contributed by atoms with Gasteiger partial charge in [-0.05, 0) is 70.0 Å². The number of hydrogen-bond donors (Lipinski definition) is 1. The normalized spacial score (nSPS) is 11.6. The second-order valence-electron chi connectivity index (χ2n) is 7.21. The Bertz CT molecular complexity index is 1030. The minimum Gasteiger partial charge on any atom is -0.495 e. The van der Waals surface area contributed by atoms with Gasteiger partial charge in [-0.3, -0.25) is 4.79 Å². The molecule has 2 aromatic rings. The van der Waals surface area contributed by atoms with Crippen LogP contribution in [0.5, 0.6) is 5.75 Å². The number of amides is 1. The topological polar surface area (TPSA) is 79.0 Å². The van der Waals surface area contributed by atoms with E-state index in [0.717, 1.165) is 18.5 Å². The number of ether oxygens (including phenoxy) is 1. The summed E-state index contributed by atoms with van der Waals surface area (Å²) >= 11 is 12.1. The molecule has 0 heterocycles. The lowest BCUT2D eigenvalue weighted by Gasteiger charge is -2.24. The molecule has 2 rings (SSSR count). The molecule has 7 nitrogen and oxygen atoms in total. The van der Waals surface area contributed by atoms with Crippen LogP contribution in [-0.2, 0) is 16.6 Å². The maximum atomic E-state index is 13.3. The van der Waals surface area contributed by atoms with Crippen LogP contribution in [0.1, 0.15) is 22.3 Å². The second-order valence-corrected chi connectivity index (χ2v) is 9.87. The number of nitrogens with one attached hydrogen (secondary N) is 1. The highest BCUT2D eigenvalue weighted by molar-refractivity contribution is 7.89. The Balaban J connectivity index is 2.39. The molecule has 0 saturated heterocycles. The van der Waals surface area contributed by atoms with E-state index in [-0.39, 0.29) is 22.1 Å². The van der Waals surface area contributed by atoms with Crippen LogP contribution in [0.4, 0.5) is 0 Å². The molecular weight excluding hydrogens is 461 g/mol. The Hall–Kier alpha value is -1.84. The lowest BCUT2D eigenvalue weighted by molar-refractivity contribution is 0.0737. The maximum Gasteiger partial charge on any atom is 0.254 e. The van der Waals surface area contributed by atoms with Crippen LogP contribution >= 0.6 is 23.2 Å². The van der Waals surface area contributed by atoms with Crippen LogP contribution in [0.15, 0.2) is 41.3 Å². The first-order chi connectivity index (χ1) is 14.6. The van der Waals surface area contributed by atoms with Gasteiger partial charge in [-0.25, -0.2) is 13.1 Å². The van der Waals surface area contributed by atoms with Gasteiger partial charge >= 0.3 is 0 Å². The first-order valence-corrected chi connectivity index (χ1v) is 11.8. The van der Waals surface area contributed by atoms with E-state index in [0.29, 0.717) is 23.1 Å². The number of benzene rings is 2. The van der Waals surface area contributed by atoms with Gasteiger partial charge in [0, 0.05) is 18.7 Å². The predicted octanol–water partition coefficient (Wildman–Crippen LogP) is 3.50. The summed E-state index contributed by atoms with van der Waals surface area (Å²) in [7, 11) is 2.80. The number of sulfonamides is 1. The zero-order valence-electron chi connectivity index (χ0n) is 18.0. The van der Waals surface area contributed by atoms with Crippen molar-refractivity contribution in [3.8, 4) is 5.75 Å². The minimum atomic E-state index is -3.80. The number of nitrogens with zero attached hydrogens (tertiary/aromatic N) is 2. The van der Waals surface area contributed by atoms with Crippen LogP contribution in [-0.4, -0.2) is 65.5 Å². The number of carbonyl (C=O) groups excluding carboxylic acids is 1. The molecule has 0 unspecified atom stereocenters. The lowest BCUT2D eigenvalue weighted by Crippen LogP contribution is -2.33. The molecule has 31 heavy (non-hydrogen) atoms. The Morgan fingerprint density at radius 2 is 1.77 bits per heavy atom. The van der Waals surface area contributed by atoms with E-state index in [4.69, 9.17) is 27.9 Å². The highest BCUT2D eigenvalue weighted by Gasteiger charge is 2.23. The van der Waals surface area contributed by atoms with Crippen molar-refractivity contribution >= 4 is 39.1 Å². The van der Waals surface area contributed by atoms with Gasteiger partial charge in [-0.2, -0.15) is 0 Å². The van der Waals surface area contributed by atoms with Gasteiger partial charge in [-0.15, -0.1) is 0 Å². The SMILES string of the molecule is CNS(=O)(=O)c1cc(C(=O)N(CCCN(C)C)Cc2ccc(Cl)c(Cl)c2)ccc1OC. The highest BCUT2D eigenvalue weighted by atomic mass is 35.5. The monoisotopic (exact) mass is 487 g/mol. The Morgan fingerprint density at radius 1 is 1.06 bits per heavy atom. The van der Waals surface area contributed by atoms with Crippen molar-refractivity contribution in [2.45, 2.75) is 17.9 Å². The van der Waals surface area contributed by atoms with E-state index in [1.165, 1.54) is 26.3 Å². The van der Waals surface area contributed by atoms with Crippen molar-refractivity contribution in [1.82, 2.24) is 14.5 Å². The number of methoxy groups -OCH3 is 1. The summed E-state index contributed by atoms with van der Waals surface area (Å²) < 4.78 is 32.2. The summed E-state index contributed by atoms with van der Waals surface area (Å²) in [5, 5.41) is 0.847. The van der Waals surface area contributed by atoms with Crippen molar-refractivity contribution in [2.75, 3.05) is 41.3 Å². The molecule has 0 aliphatic carbocycles. The summed E-state index contributed by atoms with van der Waals surface area (Å²) in [5.74, 6) is -0.130. The fourth-order valence-electron chi connectivity index (χ4n) is 3.00. The standard InChI is InChI=1S/C21H27Cl2N3O4S/c1-24-31(28,29)20-13-16(7-9-19(20)30-4)21(27)26(11-5-10-25(2)3)14-15-6-8-17(22)18(23)12-15/h6-9,12-13,24H,5,10-11,14H2,1-4H3. The molecule has 0 atom stereocenters. The molecule has 0 fully saturated rings. The predicted molar refractivity (Wildman–Crippen MR) is 124 cm³/mol. The molecular formula is C21H27Cl2N3O4S. The van der Waals surface area contributed by atoms with Crippen molar-refractivity contribution in [3.05, 3.63) is 57.6 Å². The molecule has 170 valence electrons. The Kier molecular flexibility index (Phi) is 9.14. The molecule has 1 N–H and O–H groups in total. The van der Waals surface area contributed by atoms with E-state index in [1.54, 1.807) is 23.1 Å². The average Bonchev–Trinajstić information content (AvgIpc) is 2.74. The van der Waals surface area contributed by atoms with Gasteiger partial charge in [0.2, 0.25) is 10.0 Å². The molecule has 0 aromatic heterocycles. The van der Waals surface area contributed by atoms with Crippen molar-refractivity contribution in [2.24, 2.45) is 0 Å². The molecule has 0 spiro atoms. The molecule has 10 heteroatoms. The maximum absolute atomic E-state index is 13.3. The van der Waals surface area contributed by atoms with Gasteiger partial charge < -0.3 is 14.5 Å². The fraction of sp³-hybridized carbons (Fsp3) is 0.381. The van der Waals surface area contributed by atoms with Crippen molar-refractivity contribution < 1.29 is 17.9 Å². The zero-order valence-corrected chi connectivity index (χ0v) is 20.3. The van der Waals surface area contributed by atoms with E-state index < -0.39 is 10.0 Å². The van der Waals surface area contributed by atoms with Crippen LogP contribution < -0.4 is 9.46 Å². The van der Waals surface area contributed by atoms with E-state index in [1.807, 2.05) is 25.1 Å². The number of rotatable bonds is 10. The number of hydrogen-bond acceptors (Lipinski definition) is 5. The molecule has 0 aliphatic heterocycles. The molecule has 2 aromatic carbocycles. The van der Waals surface area contributed by atoms with Gasteiger partial charge in [0.1, 0.15) is 10.6 Å². The Labute approximate surface area is 193 Å². The third-order valence-corrected chi connectivity index (χ3v) is 6.82. The van der Waals surface area contributed by atoms with Crippen molar-refractivity contribution in [3.63, 3.8) is 0 Å². The summed E-state index contributed by atoms with van der Waals surface area (Å²) in [5.41, 5.74) is 1.07. The first-order valence-electron chi connectivity index (χ1n) is 9.58. The van der Waals surface area contributed by atoms with Crippen LogP contribution in [0.25, 0.3) is 0 Å². The van der Waals surface area contributed by atoms with E-state index in [2.05, 4.69) is 4.72 Å². The summed E-state index contributed by atoms with van der Waals surface area (Å²) in [6, 6.07) is 9.60. The smallest absolute Gasteiger partial charge is 0.254 e. The van der Waals surface area contributed by atoms with Gasteiger partial charge in [0.25, 0.3) is 5.91 Å². The summed E-state index contributed by atoms with van der Waals surface area (Å²) in [4.78, 5) is 17.0. The van der Waals surface area contributed by atoms with Gasteiger partial charge in [0.05, 0.1) is 17.2 Å². The Morgan fingerprint density at radius 3 is 2.35 bits per heavy atom. The van der Waals surface area contributed by atoms with Gasteiger partial charge in [-0.1, -0.05) is 29.3 Å². The fourth-order valence-corrected chi connectivity index (χ4v) is 4.24. The third-order valence-electron chi connectivity index (χ3n) is 4.65. The average molecular weight is 488 g/mol. The molecule has 1 amide bonds. The van der Waals surface area contributed by atoms with Crippen molar-refractivity contribution in [1.29, 1.82) is 0 Å². The molecule has 0 saturated carbocycles. The third kappa shape index (κ3) is 6.82. The quantitative estimate of drug-likeness (QED) is 0.554. The van der Waals surface area contributed by atoms with Crippen LogP contribution in [0.2, 0.25) is 10.0 Å². The van der Waals surface area contributed by atoms with Crippen LogP contribution in [0.3, 0.4) is 0 Å². The lowest BCUT2D eigenvalue weighted by atomic mass is 10.1. The highest BCUT2D eigenvalue weighted by Crippen LogP contribution is 2.27. The summed E-state index contributed by atoms with van der Waals surface area (Å²) in [6.45, 7) is 1.59. The molecule has 0 radical (unpaired) electrons. The number of halogens is 2. The van der Waals surface area contributed by atoms with Crippen LogP contribution in [0, 0.1) is 0 Å². The largest absolute Gasteiger partial charge is 0.495 e. The zero-order chi connectivity index (χ0) is 23.2. The van der Waals surface area contributed by atoms with E-state index >= 15 is 0 Å². The first kappa shape index (κ1) is 25.4. The van der Waals surface area contributed by atoms with Gasteiger partial charge in [0.15, 0.2) is 0 Å². The molecule has 0 aliphatic rings. The van der Waals surface area contributed by atoms with E-state index in [9.17, 15) is 13.2 Å². The number of carbonyl (C=O) groups is 1. The molecule has 0 bridgehead atoms. The minimum absolute atomic E-state index is 0.0915.